The molecular formula is C9H16N2OS. The van der Waals surface area contributed by atoms with Gasteiger partial charge in [-0.05, 0) is 19.8 Å². The standard InChI is InChI=1S/C9H16N2OS/c1-6(9(10)13)11-7-2-3-8(11)5-12-4-7/h6-8H,2-5H2,1H3,(H2,10,13). The fraction of sp³-hybridized carbons (Fsp3) is 0.889. The summed E-state index contributed by atoms with van der Waals surface area (Å²) >= 11 is 5.03. The summed E-state index contributed by atoms with van der Waals surface area (Å²) in [7, 11) is 0. The molecule has 0 aromatic rings. The number of hydrogen-bond acceptors (Lipinski definition) is 3. The van der Waals surface area contributed by atoms with Crippen molar-refractivity contribution in [2.75, 3.05) is 13.2 Å². The average molecular weight is 200 g/mol. The van der Waals surface area contributed by atoms with E-state index in [-0.39, 0.29) is 6.04 Å². The minimum absolute atomic E-state index is 0.233. The van der Waals surface area contributed by atoms with E-state index in [1.165, 1.54) is 12.8 Å². The summed E-state index contributed by atoms with van der Waals surface area (Å²) in [6.07, 6.45) is 2.47. The highest BCUT2D eigenvalue weighted by atomic mass is 32.1. The fourth-order valence-electron chi connectivity index (χ4n) is 2.44. The van der Waals surface area contributed by atoms with Crippen LogP contribution >= 0.6 is 12.2 Å². The first-order valence-corrected chi connectivity index (χ1v) is 5.25. The lowest BCUT2D eigenvalue weighted by Crippen LogP contribution is -2.53. The third-order valence-corrected chi connectivity index (χ3v) is 3.50. The van der Waals surface area contributed by atoms with Crippen molar-refractivity contribution in [1.82, 2.24) is 4.90 Å². The average Bonchev–Trinajstić information content (AvgIpc) is 2.34. The van der Waals surface area contributed by atoms with Gasteiger partial charge in [0, 0.05) is 12.1 Å². The molecule has 0 radical (unpaired) electrons. The molecule has 0 aromatic carbocycles. The zero-order valence-electron chi connectivity index (χ0n) is 7.90. The van der Waals surface area contributed by atoms with Crippen LogP contribution in [0.2, 0.25) is 0 Å². The number of nitrogens with two attached hydrogens (primary N) is 1. The van der Waals surface area contributed by atoms with Gasteiger partial charge in [-0.15, -0.1) is 0 Å². The van der Waals surface area contributed by atoms with Gasteiger partial charge in [0.15, 0.2) is 0 Å². The van der Waals surface area contributed by atoms with E-state index in [1.807, 2.05) is 0 Å². The zero-order valence-corrected chi connectivity index (χ0v) is 8.72. The Kier molecular flexibility index (Phi) is 2.53. The second-order valence-corrected chi connectivity index (χ2v) is 4.42. The first-order chi connectivity index (χ1) is 6.20. The Morgan fingerprint density at radius 2 is 2.00 bits per heavy atom. The monoisotopic (exact) mass is 200 g/mol. The Labute approximate surface area is 84.2 Å². The molecule has 0 saturated carbocycles. The minimum atomic E-state index is 0.233. The summed E-state index contributed by atoms with van der Waals surface area (Å²) in [5.41, 5.74) is 5.67. The summed E-state index contributed by atoms with van der Waals surface area (Å²) < 4.78 is 5.49. The van der Waals surface area contributed by atoms with Gasteiger partial charge in [0.25, 0.3) is 0 Å². The zero-order chi connectivity index (χ0) is 9.42. The highest BCUT2D eigenvalue weighted by Crippen LogP contribution is 2.30. The molecule has 2 saturated heterocycles. The first kappa shape index (κ1) is 9.37. The summed E-state index contributed by atoms with van der Waals surface area (Å²) in [6, 6.07) is 1.34. The quantitative estimate of drug-likeness (QED) is 0.660. The van der Waals surface area contributed by atoms with Crippen LogP contribution in [0.25, 0.3) is 0 Å². The lowest BCUT2D eigenvalue weighted by molar-refractivity contribution is -0.0208. The van der Waals surface area contributed by atoms with Gasteiger partial charge in [-0.25, -0.2) is 0 Å². The Hall–Kier alpha value is -0.190. The molecule has 2 bridgehead atoms. The number of rotatable bonds is 2. The van der Waals surface area contributed by atoms with Gasteiger partial charge < -0.3 is 10.5 Å². The molecule has 0 spiro atoms. The molecule has 3 nitrogen and oxygen atoms in total. The molecule has 0 amide bonds. The Bertz CT molecular complexity index is 206. The number of nitrogens with zero attached hydrogens (tertiary/aromatic N) is 1. The van der Waals surface area contributed by atoms with Crippen molar-refractivity contribution in [3.05, 3.63) is 0 Å². The van der Waals surface area contributed by atoms with Crippen molar-refractivity contribution in [3.8, 4) is 0 Å². The van der Waals surface area contributed by atoms with Crippen LogP contribution in [0.4, 0.5) is 0 Å². The predicted molar refractivity (Wildman–Crippen MR) is 55.7 cm³/mol. The molecule has 2 aliphatic heterocycles. The van der Waals surface area contributed by atoms with Crippen molar-refractivity contribution in [1.29, 1.82) is 0 Å². The van der Waals surface area contributed by atoms with Gasteiger partial charge in [-0.2, -0.15) is 0 Å². The minimum Gasteiger partial charge on any atom is -0.392 e. The number of hydrogen-bond donors (Lipinski definition) is 1. The Morgan fingerprint density at radius 3 is 2.46 bits per heavy atom. The van der Waals surface area contributed by atoms with E-state index in [4.69, 9.17) is 22.7 Å². The summed E-state index contributed by atoms with van der Waals surface area (Å²) in [4.78, 5) is 3.05. The predicted octanol–water partition coefficient (Wildman–Crippen LogP) is 0.524. The highest BCUT2D eigenvalue weighted by molar-refractivity contribution is 7.80. The van der Waals surface area contributed by atoms with Crippen molar-refractivity contribution in [2.45, 2.75) is 37.9 Å². The number of thiocarbonyl (C=S) groups is 1. The molecule has 3 atom stereocenters. The largest absolute Gasteiger partial charge is 0.392 e. The van der Waals surface area contributed by atoms with Gasteiger partial charge in [0.2, 0.25) is 0 Å². The second-order valence-electron chi connectivity index (χ2n) is 3.95. The van der Waals surface area contributed by atoms with Gasteiger partial charge >= 0.3 is 0 Å². The van der Waals surface area contributed by atoms with Crippen LogP contribution in [0, 0.1) is 0 Å². The molecule has 2 N–H and O–H groups in total. The van der Waals surface area contributed by atoms with Crippen LogP contribution in [0.3, 0.4) is 0 Å². The van der Waals surface area contributed by atoms with E-state index in [0.29, 0.717) is 17.1 Å². The number of morpholine rings is 1. The molecular weight excluding hydrogens is 184 g/mol. The Balaban J connectivity index is 2.10. The summed E-state index contributed by atoms with van der Waals surface area (Å²) in [6.45, 7) is 3.80. The lowest BCUT2D eigenvalue weighted by atomic mass is 10.2. The van der Waals surface area contributed by atoms with Gasteiger partial charge in [0.1, 0.15) is 0 Å². The second kappa shape index (κ2) is 3.52. The van der Waals surface area contributed by atoms with Crippen LogP contribution in [0.15, 0.2) is 0 Å². The van der Waals surface area contributed by atoms with E-state index < -0.39 is 0 Å². The smallest absolute Gasteiger partial charge is 0.0899 e. The molecule has 0 aliphatic carbocycles. The van der Waals surface area contributed by atoms with E-state index in [2.05, 4.69) is 11.8 Å². The summed E-state index contributed by atoms with van der Waals surface area (Å²) in [5.74, 6) is 0. The lowest BCUT2D eigenvalue weighted by Gasteiger charge is -2.38. The van der Waals surface area contributed by atoms with Crippen LogP contribution in [-0.2, 0) is 4.74 Å². The molecule has 2 fully saturated rings. The normalized spacial score (nSPS) is 36.1. The van der Waals surface area contributed by atoms with Crippen molar-refractivity contribution >= 4 is 17.2 Å². The third kappa shape index (κ3) is 1.58. The van der Waals surface area contributed by atoms with Gasteiger partial charge in [-0.1, -0.05) is 12.2 Å². The third-order valence-electron chi connectivity index (χ3n) is 3.16. The van der Waals surface area contributed by atoms with Crippen molar-refractivity contribution in [3.63, 3.8) is 0 Å². The van der Waals surface area contributed by atoms with Gasteiger partial charge in [-0.3, -0.25) is 4.90 Å². The number of ether oxygens (including phenoxy) is 1. The Morgan fingerprint density at radius 1 is 1.46 bits per heavy atom. The summed E-state index contributed by atoms with van der Waals surface area (Å²) in [5, 5.41) is 0. The molecule has 0 aromatic heterocycles. The SMILES string of the molecule is CC(C(N)=S)N1C2CCC1COC2. The fourth-order valence-corrected chi connectivity index (χ4v) is 2.56. The maximum absolute atomic E-state index is 5.67. The maximum atomic E-state index is 5.67. The molecule has 4 heteroatoms. The van der Waals surface area contributed by atoms with Crippen molar-refractivity contribution < 1.29 is 4.74 Å². The molecule has 2 heterocycles. The molecule has 2 aliphatic rings. The maximum Gasteiger partial charge on any atom is 0.0899 e. The molecule has 2 rings (SSSR count). The van der Waals surface area contributed by atoms with Crippen LogP contribution in [-0.4, -0.2) is 41.2 Å². The van der Waals surface area contributed by atoms with Crippen LogP contribution in [0.1, 0.15) is 19.8 Å². The number of fused-ring (bicyclic) bond motifs is 2. The molecule has 3 unspecified atom stereocenters. The van der Waals surface area contributed by atoms with Crippen LogP contribution in [0.5, 0.6) is 0 Å². The van der Waals surface area contributed by atoms with Crippen LogP contribution < -0.4 is 5.73 Å². The van der Waals surface area contributed by atoms with Crippen molar-refractivity contribution in [2.24, 2.45) is 5.73 Å². The first-order valence-electron chi connectivity index (χ1n) is 4.84. The van der Waals surface area contributed by atoms with E-state index >= 15 is 0 Å². The van der Waals surface area contributed by atoms with E-state index in [0.717, 1.165) is 13.2 Å². The highest BCUT2D eigenvalue weighted by Gasteiger charge is 2.40. The van der Waals surface area contributed by atoms with E-state index in [9.17, 15) is 0 Å². The van der Waals surface area contributed by atoms with E-state index in [1.54, 1.807) is 0 Å². The topological polar surface area (TPSA) is 38.5 Å². The molecule has 13 heavy (non-hydrogen) atoms. The molecule has 74 valence electrons. The van der Waals surface area contributed by atoms with Gasteiger partial charge in [0.05, 0.1) is 24.2 Å².